The number of alkyl halides is 3. The number of rotatable bonds is 3. The average molecular weight is 277 g/mol. The lowest BCUT2D eigenvalue weighted by atomic mass is 10.1. The third-order valence-electron chi connectivity index (χ3n) is 2.90. The Morgan fingerprint density at radius 3 is 1.90 bits per heavy atom. The third-order valence-corrected chi connectivity index (χ3v) is 2.90. The average Bonchev–Trinajstić information content (AvgIpc) is 2.45. The molecule has 0 amide bonds. The van der Waals surface area contributed by atoms with Crippen LogP contribution < -0.4 is 4.90 Å². The van der Waals surface area contributed by atoms with Crippen LogP contribution >= 0.6 is 0 Å². The summed E-state index contributed by atoms with van der Waals surface area (Å²) in [6.07, 6.45) is -3.27. The molecule has 1 nitrogen and oxygen atoms in total. The molecule has 0 atom stereocenters. The molecule has 2 rings (SSSR count). The highest BCUT2D eigenvalue weighted by atomic mass is 19.4. The fourth-order valence-corrected chi connectivity index (χ4v) is 1.87. The fourth-order valence-electron chi connectivity index (χ4n) is 1.87. The number of anilines is 1. The molecular weight excluding hydrogens is 263 g/mol. The van der Waals surface area contributed by atoms with Crippen LogP contribution in [-0.4, -0.2) is 13.2 Å². The molecule has 0 aliphatic heterocycles. The van der Waals surface area contributed by atoms with Crippen molar-refractivity contribution in [2.24, 2.45) is 0 Å². The minimum atomic E-state index is -4.42. The largest absolute Gasteiger partial charge is 0.431 e. The summed E-state index contributed by atoms with van der Waals surface area (Å²) in [5.41, 5.74) is 0.310. The van der Waals surface area contributed by atoms with Gasteiger partial charge in [-0.2, -0.15) is 13.2 Å². The Labute approximate surface area is 116 Å². The summed E-state index contributed by atoms with van der Waals surface area (Å²) in [5, 5.41) is 0. The van der Waals surface area contributed by atoms with E-state index in [2.05, 4.69) is 0 Å². The lowest BCUT2D eigenvalue weighted by Gasteiger charge is -2.24. The molecule has 2 aromatic rings. The van der Waals surface area contributed by atoms with Crippen LogP contribution in [0.1, 0.15) is 5.56 Å². The van der Waals surface area contributed by atoms with E-state index in [0.29, 0.717) is 11.3 Å². The molecule has 0 aliphatic rings. The summed E-state index contributed by atoms with van der Waals surface area (Å²) >= 11 is 0. The molecule has 0 bridgehead atoms. The molecule has 0 heterocycles. The SMILES string of the molecule is CN(/C(=C/c1ccccc1)C(F)(F)F)c1ccccc1. The van der Waals surface area contributed by atoms with E-state index in [-0.39, 0.29) is 0 Å². The quantitative estimate of drug-likeness (QED) is 0.784. The second kappa shape index (κ2) is 5.82. The van der Waals surface area contributed by atoms with Gasteiger partial charge in [0, 0.05) is 12.7 Å². The summed E-state index contributed by atoms with van der Waals surface area (Å²) in [6, 6.07) is 17.0. The van der Waals surface area contributed by atoms with Gasteiger partial charge >= 0.3 is 6.18 Å². The third kappa shape index (κ3) is 3.41. The van der Waals surface area contributed by atoms with Crippen molar-refractivity contribution in [3.8, 4) is 0 Å². The molecule has 0 saturated carbocycles. The van der Waals surface area contributed by atoms with Gasteiger partial charge in [0.1, 0.15) is 5.70 Å². The fraction of sp³-hybridized carbons (Fsp3) is 0.125. The van der Waals surface area contributed by atoms with Crippen LogP contribution in [0.3, 0.4) is 0 Å². The maximum atomic E-state index is 13.2. The van der Waals surface area contributed by atoms with E-state index in [1.165, 1.54) is 7.05 Å². The highest BCUT2D eigenvalue weighted by Crippen LogP contribution is 2.32. The molecule has 20 heavy (non-hydrogen) atoms. The molecule has 0 aliphatic carbocycles. The van der Waals surface area contributed by atoms with Crippen LogP contribution in [0.15, 0.2) is 66.4 Å². The predicted molar refractivity (Wildman–Crippen MR) is 75.3 cm³/mol. The number of allylic oxidation sites excluding steroid dienone is 1. The molecule has 0 aromatic heterocycles. The maximum absolute atomic E-state index is 13.2. The van der Waals surface area contributed by atoms with Crippen molar-refractivity contribution in [1.29, 1.82) is 0 Å². The van der Waals surface area contributed by atoms with Crippen LogP contribution in [0.2, 0.25) is 0 Å². The van der Waals surface area contributed by atoms with Gasteiger partial charge in [0.05, 0.1) is 0 Å². The minimum Gasteiger partial charge on any atom is -0.341 e. The first-order valence-electron chi connectivity index (χ1n) is 6.11. The minimum absolute atomic E-state index is 0.493. The lowest BCUT2D eigenvalue weighted by molar-refractivity contribution is -0.0919. The maximum Gasteiger partial charge on any atom is 0.431 e. The topological polar surface area (TPSA) is 3.24 Å². The normalized spacial score (nSPS) is 12.3. The Morgan fingerprint density at radius 2 is 1.40 bits per heavy atom. The number of hydrogen-bond acceptors (Lipinski definition) is 1. The molecule has 0 N–H and O–H groups in total. The second-order valence-electron chi connectivity index (χ2n) is 4.33. The van der Waals surface area contributed by atoms with E-state index >= 15 is 0 Å². The standard InChI is InChI=1S/C16H14F3N/c1-20(14-10-6-3-7-11-14)15(16(17,18)19)12-13-8-4-2-5-9-13/h2-12H,1H3/b15-12+. The zero-order valence-corrected chi connectivity index (χ0v) is 10.9. The van der Waals surface area contributed by atoms with Gasteiger partial charge in [0.2, 0.25) is 0 Å². The number of nitrogens with zero attached hydrogens (tertiary/aromatic N) is 1. The highest BCUT2D eigenvalue weighted by molar-refractivity contribution is 5.62. The first kappa shape index (κ1) is 14.2. The number of benzene rings is 2. The van der Waals surface area contributed by atoms with Gasteiger partial charge in [-0.3, -0.25) is 0 Å². The Morgan fingerprint density at radius 1 is 0.900 bits per heavy atom. The summed E-state index contributed by atoms with van der Waals surface area (Å²) < 4.78 is 39.7. The van der Waals surface area contributed by atoms with Crippen molar-refractivity contribution in [3.05, 3.63) is 71.9 Å². The Kier molecular flexibility index (Phi) is 4.13. The van der Waals surface area contributed by atoms with E-state index in [1.54, 1.807) is 60.7 Å². The summed E-state index contributed by atoms with van der Waals surface area (Å²) in [4.78, 5) is 1.15. The number of hydrogen-bond donors (Lipinski definition) is 0. The predicted octanol–water partition coefficient (Wildman–Crippen LogP) is 4.73. The monoisotopic (exact) mass is 277 g/mol. The van der Waals surface area contributed by atoms with Crippen LogP contribution in [0, 0.1) is 0 Å². The first-order valence-corrected chi connectivity index (χ1v) is 6.11. The van der Waals surface area contributed by atoms with Gasteiger partial charge in [-0.15, -0.1) is 0 Å². The van der Waals surface area contributed by atoms with Crippen LogP contribution in [0.25, 0.3) is 6.08 Å². The Hall–Kier alpha value is -2.23. The zero-order chi connectivity index (χ0) is 14.6. The van der Waals surface area contributed by atoms with E-state index in [1.807, 2.05) is 0 Å². The molecule has 0 saturated heterocycles. The van der Waals surface area contributed by atoms with Gasteiger partial charge in [-0.1, -0.05) is 48.5 Å². The van der Waals surface area contributed by atoms with Crippen molar-refractivity contribution in [2.75, 3.05) is 11.9 Å². The van der Waals surface area contributed by atoms with Gasteiger partial charge in [0.25, 0.3) is 0 Å². The van der Waals surface area contributed by atoms with Gasteiger partial charge in [0.15, 0.2) is 0 Å². The van der Waals surface area contributed by atoms with E-state index < -0.39 is 11.9 Å². The first-order chi connectivity index (χ1) is 9.48. The summed E-state index contributed by atoms with van der Waals surface area (Å²) in [6.45, 7) is 0. The van der Waals surface area contributed by atoms with Crippen molar-refractivity contribution in [3.63, 3.8) is 0 Å². The highest BCUT2D eigenvalue weighted by Gasteiger charge is 2.36. The zero-order valence-electron chi connectivity index (χ0n) is 10.9. The Bertz CT molecular complexity index is 574. The van der Waals surface area contributed by atoms with Crippen molar-refractivity contribution in [2.45, 2.75) is 6.18 Å². The van der Waals surface area contributed by atoms with E-state index in [0.717, 1.165) is 11.0 Å². The van der Waals surface area contributed by atoms with Crippen molar-refractivity contribution < 1.29 is 13.2 Å². The van der Waals surface area contributed by atoms with E-state index in [4.69, 9.17) is 0 Å². The second-order valence-corrected chi connectivity index (χ2v) is 4.33. The molecule has 0 fully saturated rings. The van der Waals surface area contributed by atoms with Crippen molar-refractivity contribution in [1.82, 2.24) is 0 Å². The van der Waals surface area contributed by atoms with Crippen LogP contribution in [-0.2, 0) is 0 Å². The lowest BCUT2D eigenvalue weighted by Crippen LogP contribution is -2.28. The molecular formula is C16H14F3N. The van der Waals surface area contributed by atoms with Crippen LogP contribution in [0.5, 0.6) is 0 Å². The molecule has 104 valence electrons. The van der Waals surface area contributed by atoms with Gasteiger partial charge < -0.3 is 4.90 Å². The summed E-state index contributed by atoms with van der Waals surface area (Å²) in [5.74, 6) is 0. The molecule has 2 aromatic carbocycles. The smallest absolute Gasteiger partial charge is 0.341 e. The number of para-hydroxylation sites is 1. The van der Waals surface area contributed by atoms with E-state index in [9.17, 15) is 13.2 Å². The summed E-state index contributed by atoms with van der Waals surface area (Å²) in [7, 11) is 1.41. The molecule has 0 spiro atoms. The van der Waals surface area contributed by atoms with Crippen molar-refractivity contribution >= 4 is 11.8 Å². The van der Waals surface area contributed by atoms with Gasteiger partial charge in [-0.25, -0.2) is 0 Å². The molecule has 4 heteroatoms. The molecule has 0 radical (unpaired) electrons. The number of halogens is 3. The Balaban J connectivity index is 2.42. The molecule has 0 unspecified atom stereocenters. The van der Waals surface area contributed by atoms with Crippen LogP contribution in [0.4, 0.5) is 18.9 Å². The van der Waals surface area contributed by atoms with Gasteiger partial charge in [-0.05, 0) is 23.8 Å².